The number of nitro groups is 2. The summed E-state index contributed by atoms with van der Waals surface area (Å²) in [6.45, 7) is 1.72. The number of nitro benzene ring substituents is 2. The number of hydrogen-bond acceptors (Lipinski definition) is 8. The average molecular weight is 375 g/mol. The molecule has 2 rings (SSSR count). The zero-order valence-electron chi connectivity index (χ0n) is 12.3. The number of thiazole rings is 1. The quantitative estimate of drug-likeness (QED) is 0.482. The summed E-state index contributed by atoms with van der Waals surface area (Å²) >= 11 is 1.30. The summed E-state index contributed by atoms with van der Waals surface area (Å²) in [5.74, 6) is 0. The largest absolute Gasteiger partial charge is 0.416 e. The van der Waals surface area contributed by atoms with Crippen LogP contribution in [0.5, 0.6) is 0 Å². The Kier molecular flexibility index (Phi) is 4.97. The van der Waals surface area contributed by atoms with Crippen molar-refractivity contribution in [1.29, 1.82) is 0 Å². The Morgan fingerprint density at radius 2 is 1.80 bits per heavy atom. The van der Waals surface area contributed by atoms with Gasteiger partial charge in [0, 0.05) is 17.5 Å². The van der Waals surface area contributed by atoms with Crippen molar-refractivity contribution in [2.45, 2.75) is 13.1 Å². The second-order valence-electron chi connectivity index (χ2n) is 4.56. The summed E-state index contributed by atoms with van der Waals surface area (Å²) in [6, 6.07) is 0.412. The molecular weight excluding hydrogens is 367 g/mol. The van der Waals surface area contributed by atoms with Gasteiger partial charge < -0.3 is 0 Å². The lowest BCUT2D eigenvalue weighted by Crippen LogP contribution is -2.09. The van der Waals surface area contributed by atoms with Crippen LogP contribution in [0.1, 0.15) is 16.3 Å². The highest BCUT2D eigenvalue weighted by Gasteiger charge is 2.37. The van der Waals surface area contributed by atoms with Gasteiger partial charge in [0.25, 0.3) is 0 Å². The Labute approximate surface area is 141 Å². The van der Waals surface area contributed by atoms with E-state index in [0.29, 0.717) is 10.7 Å². The van der Waals surface area contributed by atoms with E-state index in [2.05, 4.69) is 15.5 Å². The number of nitrogens with one attached hydrogen (secondary N) is 1. The SMILES string of the molecule is Cc1nc(/C=N\Nc2c([N+](=O)[O-])cc(C(F)(F)F)cc2[N+](=O)[O-])cs1. The molecule has 0 aliphatic rings. The van der Waals surface area contributed by atoms with Crippen molar-refractivity contribution in [3.05, 3.63) is 54.0 Å². The standard InChI is InChI=1S/C12H8F3N5O4S/c1-6-17-8(5-25-6)4-16-18-11-9(19(21)22)2-7(12(13,14)15)3-10(11)20(23)24/h2-5,18H,1H3/b16-4-. The van der Waals surface area contributed by atoms with E-state index in [1.54, 1.807) is 12.3 Å². The molecule has 9 nitrogen and oxygen atoms in total. The first kappa shape index (κ1) is 18.3. The first-order valence-electron chi connectivity index (χ1n) is 6.35. The van der Waals surface area contributed by atoms with Gasteiger partial charge in [0.15, 0.2) is 0 Å². The Morgan fingerprint density at radius 1 is 1.24 bits per heavy atom. The van der Waals surface area contributed by atoms with E-state index < -0.39 is 38.6 Å². The van der Waals surface area contributed by atoms with Gasteiger partial charge in [-0.15, -0.1) is 11.3 Å². The third-order valence-corrected chi connectivity index (χ3v) is 3.62. The molecule has 0 saturated heterocycles. The average Bonchev–Trinajstić information content (AvgIpc) is 2.91. The van der Waals surface area contributed by atoms with Crippen LogP contribution in [-0.2, 0) is 6.18 Å². The molecule has 0 spiro atoms. The third kappa shape index (κ3) is 4.26. The summed E-state index contributed by atoms with van der Waals surface area (Å²) in [5, 5.41) is 28.0. The van der Waals surface area contributed by atoms with Crippen LogP contribution in [0.3, 0.4) is 0 Å². The molecule has 2 aromatic rings. The van der Waals surface area contributed by atoms with Crippen LogP contribution in [0.4, 0.5) is 30.2 Å². The molecular formula is C12H8F3N5O4S. The highest BCUT2D eigenvalue weighted by atomic mass is 32.1. The molecule has 13 heteroatoms. The van der Waals surface area contributed by atoms with Crippen molar-refractivity contribution in [2.24, 2.45) is 5.10 Å². The van der Waals surface area contributed by atoms with E-state index in [9.17, 15) is 33.4 Å². The molecule has 1 aromatic heterocycles. The molecule has 0 amide bonds. The zero-order chi connectivity index (χ0) is 18.8. The van der Waals surface area contributed by atoms with Gasteiger partial charge in [0.1, 0.15) is 0 Å². The van der Waals surface area contributed by atoms with Gasteiger partial charge in [-0.1, -0.05) is 0 Å². The number of hydrogen-bond donors (Lipinski definition) is 1. The van der Waals surface area contributed by atoms with E-state index in [-0.39, 0.29) is 12.1 Å². The minimum Gasteiger partial charge on any atom is -0.266 e. The molecule has 1 heterocycles. The second-order valence-corrected chi connectivity index (χ2v) is 5.63. The van der Waals surface area contributed by atoms with E-state index in [1.165, 1.54) is 11.3 Å². The summed E-state index contributed by atoms with van der Waals surface area (Å²) in [5.41, 5.74) is -2.05. The van der Waals surface area contributed by atoms with E-state index >= 15 is 0 Å². The van der Waals surface area contributed by atoms with Crippen molar-refractivity contribution in [2.75, 3.05) is 5.43 Å². The number of aryl methyl sites for hydroxylation is 1. The fourth-order valence-electron chi connectivity index (χ4n) is 1.78. The first-order chi connectivity index (χ1) is 11.6. The van der Waals surface area contributed by atoms with Crippen LogP contribution in [-0.4, -0.2) is 21.0 Å². The second kappa shape index (κ2) is 6.80. The van der Waals surface area contributed by atoms with Crippen LogP contribution in [0.15, 0.2) is 22.6 Å². The molecule has 0 radical (unpaired) electrons. The molecule has 0 fully saturated rings. The number of alkyl halides is 3. The van der Waals surface area contributed by atoms with Crippen LogP contribution < -0.4 is 5.43 Å². The van der Waals surface area contributed by atoms with Crippen molar-refractivity contribution < 1.29 is 23.0 Å². The molecule has 0 aliphatic carbocycles. The number of halogens is 3. The number of nitrogens with zero attached hydrogens (tertiary/aromatic N) is 4. The number of benzene rings is 1. The van der Waals surface area contributed by atoms with Crippen molar-refractivity contribution in [1.82, 2.24) is 4.98 Å². The van der Waals surface area contributed by atoms with E-state index in [0.717, 1.165) is 6.21 Å². The van der Waals surface area contributed by atoms with Gasteiger partial charge in [-0.25, -0.2) is 4.98 Å². The first-order valence-corrected chi connectivity index (χ1v) is 7.23. The highest BCUT2D eigenvalue weighted by molar-refractivity contribution is 7.09. The summed E-state index contributed by atoms with van der Waals surface area (Å²) < 4.78 is 38.3. The maximum absolute atomic E-state index is 12.8. The van der Waals surface area contributed by atoms with Crippen molar-refractivity contribution in [3.63, 3.8) is 0 Å². The van der Waals surface area contributed by atoms with Crippen LogP contribution in [0.25, 0.3) is 0 Å². The van der Waals surface area contributed by atoms with Crippen LogP contribution >= 0.6 is 11.3 Å². The number of anilines is 1. The lowest BCUT2D eigenvalue weighted by atomic mass is 10.1. The van der Waals surface area contributed by atoms with Gasteiger partial charge in [0.05, 0.1) is 32.3 Å². The molecule has 1 N–H and O–H groups in total. The van der Waals surface area contributed by atoms with Crippen molar-refractivity contribution in [3.8, 4) is 0 Å². The van der Waals surface area contributed by atoms with Gasteiger partial charge in [-0.2, -0.15) is 18.3 Å². The Balaban J connectivity index is 2.49. The molecule has 0 atom stereocenters. The summed E-state index contributed by atoms with van der Waals surface area (Å²) in [6.07, 6.45) is -3.84. The normalized spacial score (nSPS) is 11.7. The number of rotatable bonds is 5. The number of hydrazone groups is 1. The van der Waals surface area contributed by atoms with E-state index in [1.807, 2.05) is 0 Å². The monoisotopic (exact) mass is 375 g/mol. The third-order valence-electron chi connectivity index (χ3n) is 2.83. The van der Waals surface area contributed by atoms with Gasteiger partial charge in [0.2, 0.25) is 5.69 Å². The summed E-state index contributed by atoms with van der Waals surface area (Å²) in [4.78, 5) is 23.7. The molecule has 1 aromatic carbocycles. The zero-order valence-corrected chi connectivity index (χ0v) is 13.1. The van der Waals surface area contributed by atoms with E-state index in [4.69, 9.17) is 0 Å². The van der Waals surface area contributed by atoms with Crippen molar-refractivity contribution >= 4 is 34.6 Å². The van der Waals surface area contributed by atoms with Gasteiger partial charge >= 0.3 is 17.6 Å². The lowest BCUT2D eigenvalue weighted by molar-refractivity contribution is -0.392. The minimum atomic E-state index is -4.98. The van der Waals surface area contributed by atoms with Gasteiger partial charge in [-0.3, -0.25) is 25.7 Å². The Bertz CT molecular complexity index is 830. The summed E-state index contributed by atoms with van der Waals surface area (Å²) in [7, 11) is 0. The maximum Gasteiger partial charge on any atom is 0.416 e. The molecule has 25 heavy (non-hydrogen) atoms. The van der Waals surface area contributed by atoms with Crippen LogP contribution in [0.2, 0.25) is 0 Å². The fourth-order valence-corrected chi connectivity index (χ4v) is 2.34. The van der Waals surface area contributed by atoms with Gasteiger partial charge in [-0.05, 0) is 6.92 Å². The topological polar surface area (TPSA) is 124 Å². The van der Waals surface area contributed by atoms with Crippen LogP contribution in [0, 0.1) is 27.2 Å². The molecule has 0 aliphatic heterocycles. The Hall–Kier alpha value is -3.09. The number of aromatic nitrogens is 1. The fraction of sp³-hybridized carbons (Fsp3) is 0.167. The minimum absolute atomic E-state index is 0.206. The Morgan fingerprint density at radius 3 is 2.20 bits per heavy atom. The highest BCUT2D eigenvalue weighted by Crippen LogP contribution is 2.41. The lowest BCUT2D eigenvalue weighted by Gasteiger charge is -2.09. The molecule has 0 unspecified atom stereocenters. The molecule has 0 bridgehead atoms. The smallest absolute Gasteiger partial charge is 0.266 e. The predicted octanol–water partition coefficient (Wildman–Crippen LogP) is 3.73. The molecule has 132 valence electrons. The maximum atomic E-state index is 12.8. The molecule has 0 saturated carbocycles. The predicted molar refractivity (Wildman–Crippen MR) is 82.8 cm³/mol.